The van der Waals surface area contributed by atoms with Crippen molar-refractivity contribution < 1.29 is 14.3 Å². The van der Waals surface area contributed by atoms with Gasteiger partial charge in [-0.05, 0) is 33.6 Å². The standard InChI is InChI=1S/C10H20O3/c1-7(2)10(5,6)13-9(11)12-8(3)4/h7-8H,1-6H3. The summed E-state index contributed by atoms with van der Waals surface area (Å²) in [4.78, 5) is 11.1. The van der Waals surface area contributed by atoms with Crippen LogP contribution in [0.3, 0.4) is 0 Å². The van der Waals surface area contributed by atoms with Crippen LogP contribution < -0.4 is 0 Å². The van der Waals surface area contributed by atoms with Crippen LogP contribution in [0.25, 0.3) is 0 Å². The van der Waals surface area contributed by atoms with E-state index in [1.54, 1.807) is 13.8 Å². The van der Waals surface area contributed by atoms with Crippen molar-refractivity contribution in [1.29, 1.82) is 0 Å². The van der Waals surface area contributed by atoms with Gasteiger partial charge in [-0.1, -0.05) is 13.8 Å². The average Bonchev–Trinajstić information content (AvgIpc) is 1.82. The lowest BCUT2D eigenvalue weighted by Gasteiger charge is -2.28. The Morgan fingerprint density at radius 2 is 1.62 bits per heavy atom. The van der Waals surface area contributed by atoms with E-state index in [-0.39, 0.29) is 12.0 Å². The van der Waals surface area contributed by atoms with Gasteiger partial charge in [0.2, 0.25) is 0 Å². The van der Waals surface area contributed by atoms with E-state index in [1.165, 1.54) is 0 Å². The minimum Gasteiger partial charge on any atom is -0.432 e. The fourth-order valence-electron chi connectivity index (χ4n) is 0.549. The highest BCUT2D eigenvalue weighted by Gasteiger charge is 2.27. The molecular formula is C10H20O3. The Morgan fingerprint density at radius 1 is 1.15 bits per heavy atom. The monoisotopic (exact) mass is 188 g/mol. The first kappa shape index (κ1) is 12.3. The Kier molecular flexibility index (Phi) is 4.24. The maximum Gasteiger partial charge on any atom is 0.509 e. The molecule has 0 aliphatic heterocycles. The molecule has 0 saturated carbocycles. The smallest absolute Gasteiger partial charge is 0.432 e. The van der Waals surface area contributed by atoms with Crippen LogP contribution in [0, 0.1) is 5.92 Å². The van der Waals surface area contributed by atoms with Crippen LogP contribution in [0.2, 0.25) is 0 Å². The van der Waals surface area contributed by atoms with Gasteiger partial charge >= 0.3 is 6.16 Å². The van der Waals surface area contributed by atoms with E-state index < -0.39 is 11.8 Å². The normalized spacial score (nSPS) is 12.0. The van der Waals surface area contributed by atoms with E-state index in [4.69, 9.17) is 9.47 Å². The molecule has 3 heteroatoms. The van der Waals surface area contributed by atoms with Gasteiger partial charge in [0.05, 0.1) is 6.10 Å². The molecule has 0 radical (unpaired) electrons. The van der Waals surface area contributed by atoms with Gasteiger partial charge in [0.25, 0.3) is 0 Å². The molecule has 0 aliphatic rings. The third-order valence-electron chi connectivity index (χ3n) is 2.07. The van der Waals surface area contributed by atoms with Crippen molar-refractivity contribution in [2.75, 3.05) is 0 Å². The molecule has 0 rings (SSSR count). The van der Waals surface area contributed by atoms with Crippen LogP contribution in [-0.4, -0.2) is 17.9 Å². The molecule has 78 valence electrons. The van der Waals surface area contributed by atoms with Crippen molar-refractivity contribution in [1.82, 2.24) is 0 Å². The van der Waals surface area contributed by atoms with Gasteiger partial charge in [0.15, 0.2) is 0 Å². The SMILES string of the molecule is CC(C)OC(=O)OC(C)(C)C(C)C. The number of carbonyl (C=O) groups is 1. The second-order valence-corrected chi connectivity index (χ2v) is 4.28. The number of ether oxygens (including phenoxy) is 2. The second kappa shape index (κ2) is 4.49. The van der Waals surface area contributed by atoms with Gasteiger partial charge in [-0.25, -0.2) is 4.79 Å². The fourth-order valence-corrected chi connectivity index (χ4v) is 0.549. The molecule has 0 N–H and O–H groups in total. The maximum atomic E-state index is 11.1. The largest absolute Gasteiger partial charge is 0.509 e. The number of carbonyl (C=O) groups excluding carboxylic acids is 1. The molecule has 0 bridgehead atoms. The van der Waals surface area contributed by atoms with Crippen LogP contribution in [0.4, 0.5) is 4.79 Å². The van der Waals surface area contributed by atoms with E-state index in [2.05, 4.69) is 0 Å². The summed E-state index contributed by atoms with van der Waals surface area (Å²) in [5, 5.41) is 0. The van der Waals surface area contributed by atoms with Crippen molar-refractivity contribution in [2.45, 2.75) is 53.2 Å². The Morgan fingerprint density at radius 3 is 1.92 bits per heavy atom. The third kappa shape index (κ3) is 4.76. The van der Waals surface area contributed by atoms with Gasteiger partial charge < -0.3 is 9.47 Å². The van der Waals surface area contributed by atoms with E-state index in [1.807, 2.05) is 27.7 Å². The van der Waals surface area contributed by atoms with Crippen LogP contribution in [-0.2, 0) is 9.47 Å². The Labute approximate surface area is 80.4 Å². The molecule has 0 aromatic heterocycles. The molecule has 13 heavy (non-hydrogen) atoms. The third-order valence-corrected chi connectivity index (χ3v) is 2.07. The minimum atomic E-state index is -0.589. The van der Waals surface area contributed by atoms with E-state index in [9.17, 15) is 4.79 Å². The second-order valence-electron chi connectivity index (χ2n) is 4.28. The Balaban J connectivity index is 4.05. The zero-order valence-electron chi connectivity index (χ0n) is 9.38. The predicted molar refractivity (Wildman–Crippen MR) is 51.6 cm³/mol. The summed E-state index contributed by atoms with van der Waals surface area (Å²) in [5.41, 5.74) is -0.466. The summed E-state index contributed by atoms with van der Waals surface area (Å²) < 4.78 is 10.0. The molecule has 0 saturated heterocycles. The summed E-state index contributed by atoms with van der Waals surface area (Å²) in [6, 6.07) is 0. The fraction of sp³-hybridized carbons (Fsp3) is 0.900. The van der Waals surface area contributed by atoms with Crippen molar-refractivity contribution >= 4 is 6.16 Å². The maximum absolute atomic E-state index is 11.1. The van der Waals surface area contributed by atoms with Gasteiger partial charge in [0.1, 0.15) is 5.60 Å². The highest BCUT2D eigenvalue weighted by molar-refractivity contribution is 5.60. The summed E-state index contributed by atoms with van der Waals surface area (Å²) in [7, 11) is 0. The van der Waals surface area contributed by atoms with Gasteiger partial charge in [-0.2, -0.15) is 0 Å². The highest BCUT2D eigenvalue weighted by atomic mass is 16.7. The van der Waals surface area contributed by atoms with Gasteiger partial charge in [-0.3, -0.25) is 0 Å². The molecule has 0 unspecified atom stereocenters. The molecule has 3 nitrogen and oxygen atoms in total. The minimum absolute atomic E-state index is 0.129. The Bertz CT molecular complexity index is 171. The molecule has 0 fully saturated rings. The lowest BCUT2D eigenvalue weighted by Crippen LogP contribution is -2.34. The van der Waals surface area contributed by atoms with Crippen molar-refractivity contribution in [3.63, 3.8) is 0 Å². The summed E-state index contributed by atoms with van der Waals surface area (Å²) >= 11 is 0. The zero-order valence-corrected chi connectivity index (χ0v) is 9.38. The molecule has 0 heterocycles. The summed E-state index contributed by atoms with van der Waals surface area (Å²) in [5.74, 6) is 0.271. The van der Waals surface area contributed by atoms with Gasteiger partial charge in [-0.15, -0.1) is 0 Å². The molecular weight excluding hydrogens is 168 g/mol. The van der Waals surface area contributed by atoms with Crippen LogP contribution in [0.1, 0.15) is 41.5 Å². The Hall–Kier alpha value is -0.730. The van der Waals surface area contributed by atoms with Crippen LogP contribution >= 0.6 is 0 Å². The van der Waals surface area contributed by atoms with Crippen molar-refractivity contribution in [3.05, 3.63) is 0 Å². The number of hydrogen-bond donors (Lipinski definition) is 0. The molecule has 0 atom stereocenters. The quantitative estimate of drug-likeness (QED) is 0.639. The molecule has 0 aromatic carbocycles. The predicted octanol–water partition coefficient (Wildman–Crippen LogP) is 2.98. The first-order valence-electron chi connectivity index (χ1n) is 4.65. The highest BCUT2D eigenvalue weighted by Crippen LogP contribution is 2.21. The topological polar surface area (TPSA) is 35.5 Å². The molecule has 0 amide bonds. The number of rotatable bonds is 3. The first-order chi connectivity index (χ1) is 5.75. The average molecular weight is 188 g/mol. The first-order valence-corrected chi connectivity index (χ1v) is 4.65. The van der Waals surface area contributed by atoms with Crippen LogP contribution in [0.15, 0.2) is 0 Å². The lowest BCUT2D eigenvalue weighted by atomic mass is 9.95. The van der Waals surface area contributed by atoms with Crippen LogP contribution in [0.5, 0.6) is 0 Å². The molecule has 0 aromatic rings. The van der Waals surface area contributed by atoms with E-state index in [0.717, 1.165) is 0 Å². The summed E-state index contributed by atoms with van der Waals surface area (Å²) in [6.45, 7) is 11.3. The van der Waals surface area contributed by atoms with Gasteiger partial charge in [0, 0.05) is 0 Å². The molecule has 0 spiro atoms. The van der Waals surface area contributed by atoms with E-state index in [0.29, 0.717) is 0 Å². The summed E-state index contributed by atoms with van der Waals surface area (Å²) in [6.07, 6.45) is -0.718. The zero-order chi connectivity index (χ0) is 10.6. The van der Waals surface area contributed by atoms with E-state index >= 15 is 0 Å². The number of hydrogen-bond acceptors (Lipinski definition) is 3. The molecule has 0 aliphatic carbocycles. The van der Waals surface area contributed by atoms with Crippen molar-refractivity contribution in [2.24, 2.45) is 5.92 Å². The lowest BCUT2D eigenvalue weighted by molar-refractivity contribution is -0.0487. The van der Waals surface area contributed by atoms with Crippen molar-refractivity contribution in [3.8, 4) is 0 Å².